The van der Waals surface area contributed by atoms with Crippen LogP contribution < -0.4 is 5.32 Å². The summed E-state index contributed by atoms with van der Waals surface area (Å²) < 4.78 is 0. The molecule has 0 aliphatic heterocycles. The van der Waals surface area contributed by atoms with Crippen molar-refractivity contribution in [1.82, 2.24) is 5.32 Å². The molecule has 5 nitrogen and oxygen atoms in total. The van der Waals surface area contributed by atoms with E-state index in [-0.39, 0.29) is 18.6 Å². The normalized spacial score (nSPS) is 11.8. The highest BCUT2D eigenvalue weighted by Gasteiger charge is 2.20. The highest BCUT2D eigenvalue weighted by Crippen LogP contribution is 2.14. The molecular weight excluding hydrogens is 294 g/mol. The number of benzene rings is 1. The molecule has 0 saturated carbocycles. The Hall–Kier alpha value is -2.17. The van der Waals surface area contributed by atoms with Crippen molar-refractivity contribution in [3.8, 4) is 0 Å². The van der Waals surface area contributed by atoms with E-state index in [2.05, 4.69) is 5.32 Å². The van der Waals surface area contributed by atoms with E-state index in [4.69, 9.17) is 5.11 Å². The molecule has 1 aromatic rings. The predicted molar refractivity (Wildman–Crippen MR) is 88.6 cm³/mol. The first kappa shape index (κ1) is 18.9. The number of carbonyl (C=O) groups is 3. The summed E-state index contributed by atoms with van der Waals surface area (Å²) in [5.41, 5.74) is 2.50. The third-order valence-electron chi connectivity index (χ3n) is 3.75. The zero-order valence-electron chi connectivity index (χ0n) is 14.0. The van der Waals surface area contributed by atoms with Crippen molar-refractivity contribution < 1.29 is 19.5 Å². The maximum absolute atomic E-state index is 12.2. The average molecular weight is 319 g/mol. The Morgan fingerprint density at radius 1 is 1.17 bits per heavy atom. The fourth-order valence-electron chi connectivity index (χ4n) is 2.33. The van der Waals surface area contributed by atoms with Gasteiger partial charge in [-0.15, -0.1) is 0 Å². The molecular formula is C18H25NO4. The molecule has 1 rings (SSSR count). The molecule has 23 heavy (non-hydrogen) atoms. The highest BCUT2D eigenvalue weighted by molar-refractivity contribution is 5.99. The molecule has 0 aliphatic rings. The molecule has 0 saturated heterocycles. The average Bonchev–Trinajstić information content (AvgIpc) is 2.51. The second-order valence-corrected chi connectivity index (χ2v) is 5.84. The van der Waals surface area contributed by atoms with Gasteiger partial charge in [0.2, 0.25) is 5.91 Å². The Balaban J connectivity index is 2.56. The van der Waals surface area contributed by atoms with Crippen molar-refractivity contribution in [2.75, 3.05) is 0 Å². The summed E-state index contributed by atoms with van der Waals surface area (Å²) in [7, 11) is 0. The number of ketones is 1. The molecule has 2 N–H and O–H groups in total. The molecule has 0 radical (unpaired) electrons. The molecule has 1 aromatic carbocycles. The Bertz CT molecular complexity index is 580. The molecule has 0 bridgehead atoms. The molecule has 0 aromatic heterocycles. The molecule has 0 unspecified atom stereocenters. The second-order valence-electron chi connectivity index (χ2n) is 5.84. The van der Waals surface area contributed by atoms with E-state index >= 15 is 0 Å². The lowest BCUT2D eigenvalue weighted by atomic mass is 9.99. The fourth-order valence-corrected chi connectivity index (χ4v) is 2.33. The van der Waals surface area contributed by atoms with Gasteiger partial charge in [-0.1, -0.05) is 37.5 Å². The molecule has 0 fully saturated rings. The van der Waals surface area contributed by atoms with Crippen LogP contribution in [0.2, 0.25) is 0 Å². The van der Waals surface area contributed by atoms with Crippen LogP contribution in [0.3, 0.4) is 0 Å². The number of hydrogen-bond donors (Lipinski definition) is 2. The maximum atomic E-state index is 12.2. The molecule has 0 aliphatic carbocycles. The van der Waals surface area contributed by atoms with Crippen molar-refractivity contribution >= 4 is 17.7 Å². The lowest BCUT2D eigenvalue weighted by Gasteiger charge is -2.14. The topological polar surface area (TPSA) is 83.5 Å². The van der Waals surface area contributed by atoms with Crippen molar-refractivity contribution in [3.63, 3.8) is 0 Å². The van der Waals surface area contributed by atoms with E-state index in [0.717, 1.165) is 24.0 Å². The number of carboxylic acid groups (broad SMARTS) is 1. The number of carboxylic acids is 1. The first-order valence-electron chi connectivity index (χ1n) is 7.97. The van der Waals surface area contributed by atoms with Gasteiger partial charge in [0.05, 0.1) is 0 Å². The van der Waals surface area contributed by atoms with Crippen molar-refractivity contribution in [2.24, 2.45) is 0 Å². The summed E-state index contributed by atoms with van der Waals surface area (Å²) in [6.07, 6.45) is 2.09. The van der Waals surface area contributed by atoms with Gasteiger partial charge in [0, 0.05) is 18.4 Å². The molecule has 0 heterocycles. The largest absolute Gasteiger partial charge is 0.480 e. The monoisotopic (exact) mass is 319 g/mol. The quantitative estimate of drug-likeness (QED) is 0.685. The number of rotatable bonds is 9. The minimum absolute atomic E-state index is 0.00210. The number of amides is 1. The van der Waals surface area contributed by atoms with Crippen LogP contribution in [-0.2, 0) is 9.59 Å². The van der Waals surface area contributed by atoms with E-state index in [9.17, 15) is 14.4 Å². The van der Waals surface area contributed by atoms with Crippen LogP contribution in [0.5, 0.6) is 0 Å². The number of unbranched alkanes of at least 4 members (excludes halogenated alkanes) is 1. The van der Waals surface area contributed by atoms with Crippen molar-refractivity contribution in [3.05, 3.63) is 34.9 Å². The summed E-state index contributed by atoms with van der Waals surface area (Å²) in [6.45, 7) is 5.73. The number of nitrogens with one attached hydrogen (secondary N) is 1. The Labute approximate surface area is 137 Å². The number of Topliss-reactive ketones (excluding diaryl/α,β-unsaturated/α-hetero) is 1. The predicted octanol–water partition coefficient (Wildman–Crippen LogP) is 3.03. The van der Waals surface area contributed by atoms with E-state index in [1.165, 1.54) is 0 Å². The lowest BCUT2D eigenvalue weighted by Crippen LogP contribution is -2.40. The third-order valence-corrected chi connectivity index (χ3v) is 3.75. The fraction of sp³-hybridized carbons (Fsp3) is 0.500. The zero-order chi connectivity index (χ0) is 17.4. The summed E-state index contributed by atoms with van der Waals surface area (Å²) in [6, 6.07) is 4.76. The molecule has 5 heteroatoms. The van der Waals surface area contributed by atoms with Gasteiger partial charge in [0.15, 0.2) is 5.78 Å². The van der Waals surface area contributed by atoms with Crippen LogP contribution >= 0.6 is 0 Å². The number of aryl methyl sites for hydroxylation is 2. The Morgan fingerprint density at radius 2 is 1.87 bits per heavy atom. The standard InChI is InChI=1S/C18H25NO4/c1-4-5-6-15(18(22)23)19-17(21)10-9-16(20)14-11-12(2)7-8-13(14)3/h7-8,11,15H,4-6,9-10H2,1-3H3,(H,19,21)(H,22,23)/t15-/m0/s1. The van der Waals surface area contributed by atoms with Crippen molar-refractivity contribution in [1.29, 1.82) is 0 Å². The van der Waals surface area contributed by atoms with Gasteiger partial charge in [-0.3, -0.25) is 9.59 Å². The number of hydrogen-bond acceptors (Lipinski definition) is 3. The van der Waals surface area contributed by atoms with Gasteiger partial charge in [-0.2, -0.15) is 0 Å². The first-order valence-corrected chi connectivity index (χ1v) is 7.97. The van der Waals surface area contributed by atoms with E-state index in [1.54, 1.807) is 0 Å². The van der Waals surface area contributed by atoms with Crippen LogP contribution in [0, 0.1) is 13.8 Å². The molecule has 0 spiro atoms. The maximum Gasteiger partial charge on any atom is 0.326 e. The smallest absolute Gasteiger partial charge is 0.326 e. The number of aliphatic carboxylic acids is 1. The summed E-state index contributed by atoms with van der Waals surface area (Å²) in [5, 5.41) is 11.6. The Kier molecular flexibility index (Phi) is 7.45. The van der Waals surface area contributed by atoms with Gasteiger partial charge >= 0.3 is 5.97 Å². The Morgan fingerprint density at radius 3 is 2.48 bits per heavy atom. The van der Waals surface area contributed by atoms with Crippen molar-refractivity contribution in [2.45, 2.75) is 58.9 Å². The van der Waals surface area contributed by atoms with Crippen LogP contribution in [0.25, 0.3) is 0 Å². The molecule has 1 atom stereocenters. The summed E-state index contributed by atoms with van der Waals surface area (Å²) in [4.78, 5) is 35.2. The minimum Gasteiger partial charge on any atom is -0.480 e. The van der Waals surface area contributed by atoms with Crippen LogP contribution in [0.4, 0.5) is 0 Å². The van der Waals surface area contributed by atoms with Crippen LogP contribution in [0.15, 0.2) is 18.2 Å². The van der Waals surface area contributed by atoms with Crippen LogP contribution in [-0.4, -0.2) is 28.8 Å². The van der Waals surface area contributed by atoms with E-state index < -0.39 is 17.9 Å². The van der Waals surface area contributed by atoms with Gasteiger partial charge in [0.1, 0.15) is 6.04 Å². The minimum atomic E-state index is -1.03. The van der Waals surface area contributed by atoms with E-state index in [0.29, 0.717) is 12.0 Å². The van der Waals surface area contributed by atoms with Gasteiger partial charge < -0.3 is 10.4 Å². The summed E-state index contributed by atoms with van der Waals surface area (Å²) >= 11 is 0. The highest BCUT2D eigenvalue weighted by atomic mass is 16.4. The second kappa shape index (κ2) is 9.08. The third kappa shape index (κ3) is 6.22. The van der Waals surface area contributed by atoms with Gasteiger partial charge in [-0.05, 0) is 31.9 Å². The zero-order valence-corrected chi connectivity index (χ0v) is 14.0. The summed E-state index contributed by atoms with van der Waals surface area (Å²) in [5.74, 6) is -1.53. The molecule has 126 valence electrons. The molecule has 1 amide bonds. The SMILES string of the molecule is CCCC[C@H](NC(=O)CCC(=O)c1cc(C)ccc1C)C(=O)O. The van der Waals surface area contributed by atoms with E-state index in [1.807, 2.05) is 39.0 Å². The van der Waals surface area contributed by atoms with Gasteiger partial charge in [0.25, 0.3) is 0 Å². The number of carbonyl (C=O) groups excluding carboxylic acids is 2. The first-order chi connectivity index (χ1) is 10.8. The van der Waals surface area contributed by atoms with Gasteiger partial charge in [-0.25, -0.2) is 4.79 Å². The lowest BCUT2D eigenvalue weighted by molar-refractivity contribution is -0.142. The van der Waals surface area contributed by atoms with Crippen LogP contribution in [0.1, 0.15) is 60.5 Å².